The summed E-state index contributed by atoms with van der Waals surface area (Å²) < 4.78 is 29.2. The molecule has 2 aromatic rings. The lowest BCUT2D eigenvalue weighted by molar-refractivity contribution is 0.600. The second kappa shape index (κ2) is 5.87. The average Bonchev–Trinajstić information content (AvgIpc) is 2.80. The molecule has 0 aliphatic rings. The van der Waals surface area contributed by atoms with Crippen molar-refractivity contribution in [3.05, 3.63) is 41.3 Å². The van der Waals surface area contributed by atoms with E-state index in [0.29, 0.717) is 18.9 Å². The molecule has 6 nitrogen and oxygen atoms in total. The zero-order valence-electron chi connectivity index (χ0n) is 12.4. The molecular weight excluding hydrogens is 288 g/mol. The van der Waals surface area contributed by atoms with E-state index in [0.717, 1.165) is 17.0 Å². The molecule has 0 bridgehead atoms. The van der Waals surface area contributed by atoms with E-state index in [-0.39, 0.29) is 4.90 Å². The second-order valence-electron chi connectivity index (χ2n) is 4.93. The third kappa shape index (κ3) is 3.43. The molecule has 0 radical (unpaired) electrons. The van der Waals surface area contributed by atoms with E-state index in [1.54, 1.807) is 18.3 Å². The highest BCUT2D eigenvalue weighted by Crippen LogP contribution is 2.18. The molecule has 2 rings (SSSR count). The third-order valence-electron chi connectivity index (χ3n) is 3.16. The van der Waals surface area contributed by atoms with Gasteiger partial charge in [0, 0.05) is 30.7 Å². The number of hydrogen-bond donors (Lipinski definition) is 2. The molecule has 2 aromatic heterocycles. The zero-order chi connectivity index (χ0) is 15.6. The first-order valence-corrected chi connectivity index (χ1v) is 8.21. The van der Waals surface area contributed by atoms with Crippen LogP contribution in [0.4, 0.5) is 5.82 Å². The van der Waals surface area contributed by atoms with E-state index >= 15 is 0 Å². The van der Waals surface area contributed by atoms with Gasteiger partial charge in [0.2, 0.25) is 0 Å². The number of aryl methyl sites for hydroxylation is 3. The van der Waals surface area contributed by atoms with E-state index in [1.165, 1.54) is 0 Å². The van der Waals surface area contributed by atoms with Crippen molar-refractivity contribution in [1.82, 2.24) is 9.55 Å². The van der Waals surface area contributed by atoms with Gasteiger partial charge in [-0.05, 0) is 44.5 Å². The molecule has 0 fully saturated rings. The fourth-order valence-corrected chi connectivity index (χ4v) is 3.28. The summed E-state index contributed by atoms with van der Waals surface area (Å²) >= 11 is 0. The summed E-state index contributed by atoms with van der Waals surface area (Å²) in [5.41, 5.74) is 8.13. The first kappa shape index (κ1) is 15.5. The van der Waals surface area contributed by atoms with Crippen molar-refractivity contribution in [1.29, 1.82) is 0 Å². The van der Waals surface area contributed by atoms with Crippen molar-refractivity contribution in [3.63, 3.8) is 0 Å². The Hall–Kier alpha value is -1.86. The van der Waals surface area contributed by atoms with Gasteiger partial charge in [0.1, 0.15) is 10.7 Å². The summed E-state index contributed by atoms with van der Waals surface area (Å²) in [6, 6.07) is 5.18. The molecule has 7 heteroatoms. The largest absolute Gasteiger partial charge is 0.349 e. The van der Waals surface area contributed by atoms with Crippen LogP contribution in [0.5, 0.6) is 0 Å². The molecule has 0 aliphatic heterocycles. The summed E-state index contributed by atoms with van der Waals surface area (Å²) in [5.74, 6) is 0.325. The van der Waals surface area contributed by atoms with Gasteiger partial charge in [-0.25, -0.2) is 13.4 Å². The highest BCUT2D eigenvalue weighted by Gasteiger charge is 2.18. The molecule has 0 saturated carbocycles. The Morgan fingerprint density at radius 2 is 2.00 bits per heavy atom. The lowest BCUT2D eigenvalue weighted by atomic mass is 10.2. The molecule has 3 N–H and O–H groups in total. The topological polar surface area (TPSA) is 90.0 Å². The summed E-state index contributed by atoms with van der Waals surface area (Å²) in [5, 5.41) is 0. The molecule has 21 heavy (non-hydrogen) atoms. The number of rotatable bonds is 5. The fraction of sp³-hybridized carbons (Fsp3) is 0.357. The smallest absolute Gasteiger partial charge is 0.264 e. The number of pyridine rings is 1. The van der Waals surface area contributed by atoms with Crippen LogP contribution < -0.4 is 10.5 Å². The van der Waals surface area contributed by atoms with Crippen molar-refractivity contribution in [2.75, 3.05) is 4.72 Å². The maximum absolute atomic E-state index is 12.4. The minimum atomic E-state index is -3.66. The number of nitrogens with two attached hydrogens (primary N) is 1. The lowest BCUT2D eigenvalue weighted by Crippen LogP contribution is -2.13. The molecule has 0 atom stereocenters. The van der Waals surface area contributed by atoms with Crippen molar-refractivity contribution in [3.8, 4) is 0 Å². The van der Waals surface area contributed by atoms with Crippen LogP contribution in [0.25, 0.3) is 0 Å². The van der Waals surface area contributed by atoms with Gasteiger partial charge in [0.05, 0.1) is 0 Å². The van der Waals surface area contributed by atoms with Gasteiger partial charge in [0.25, 0.3) is 10.0 Å². The van der Waals surface area contributed by atoms with Crippen LogP contribution >= 0.6 is 0 Å². The van der Waals surface area contributed by atoms with Gasteiger partial charge in [0.15, 0.2) is 0 Å². The first-order valence-electron chi connectivity index (χ1n) is 6.73. The van der Waals surface area contributed by atoms with Crippen molar-refractivity contribution >= 4 is 15.8 Å². The quantitative estimate of drug-likeness (QED) is 0.881. The zero-order valence-corrected chi connectivity index (χ0v) is 13.2. The van der Waals surface area contributed by atoms with Crippen LogP contribution in [0.3, 0.4) is 0 Å². The predicted molar refractivity (Wildman–Crippen MR) is 82.5 cm³/mol. The van der Waals surface area contributed by atoms with Crippen molar-refractivity contribution in [2.45, 2.75) is 38.8 Å². The normalized spacial score (nSPS) is 11.6. The van der Waals surface area contributed by atoms with Crippen LogP contribution in [0.15, 0.2) is 29.3 Å². The van der Waals surface area contributed by atoms with E-state index in [1.807, 2.05) is 31.4 Å². The van der Waals surface area contributed by atoms with E-state index in [9.17, 15) is 8.42 Å². The summed E-state index contributed by atoms with van der Waals surface area (Å²) in [7, 11) is -3.66. The van der Waals surface area contributed by atoms with Crippen molar-refractivity contribution < 1.29 is 8.42 Å². The Balaban J connectivity index is 2.35. The molecule has 114 valence electrons. The number of aromatic nitrogens is 2. The van der Waals surface area contributed by atoms with Crippen LogP contribution in [-0.2, 0) is 23.1 Å². The van der Waals surface area contributed by atoms with Gasteiger partial charge in [-0.15, -0.1) is 0 Å². The first-order chi connectivity index (χ1) is 9.85. The minimum Gasteiger partial charge on any atom is -0.349 e. The molecule has 0 amide bonds. The molecule has 0 aliphatic carbocycles. The van der Waals surface area contributed by atoms with Gasteiger partial charge in [-0.2, -0.15) is 0 Å². The molecule has 2 heterocycles. The molecule has 0 aromatic carbocycles. The maximum atomic E-state index is 12.4. The van der Waals surface area contributed by atoms with E-state index in [2.05, 4.69) is 9.71 Å². The summed E-state index contributed by atoms with van der Waals surface area (Å²) in [6.45, 7) is 6.63. The molecule has 0 unspecified atom stereocenters. The molecule has 0 saturated heterocycles. The average molecular weight is 308 g/mol. The number of sulfonamides is 1. The number of hydrogen-bond acceptors (Lipinski definition) is 4. The second-order valence-corrected chi connectivity index (χ2v) is 6.62. The van der Waals surface area contributed by atoms with Gasteiger partial charge < -0.3 is 10.3 Å². The van der Waals surface area contributed by atoms with Gasteiger partial charge in [-0.3, -0.25) is 4.72 Å². The van der Waals surface area contributed by atoms with E-state index in [4.69, 9.17) is 5.73 Å². The number of anilines is 1. The number of nitrogens with one attached hydrogen (secondary N) is 1. The Bertz CT molecular complexity index is 709. The van der Waals surface area contributed by atoms with Crippen molar-refractivity contribution in [2.24, 2.45) is 5.73 Å². The fourth-order valence-electron chi connectivity index (χ4n) is 2.23. The molecular formula is C14H20N4O2S. The Kier molecular flexibility index (Phi) is 4.34. The summed E-state index contributed by atoms with van der Waals surface area (Å²) in [6.07, 6.45) is 1.59. The van der Waals surface area contributed by atoms with E-state index < -0.39 is 10.0 Å². The van der Waals surface area contributed by atoms with Gasteiger partial charge >= 0.3 is 0 Å². The standard InChI is InChI=1S/C14H20N4O2S/c1-4-18-9-13(7-12(18)8-15)21(19,20)17-14-6-10(2)5-11(3)16-14/h5-7,9H,4,8,15H2,1-3H3,(H,16,17). The van der Waals surface area contributed by atoms with Gasteiger partial charge in [-0.1, -0.05) is 0 Å². The molecule has 0 spiro atoms. The predicted octanol–water partition coefficient (Wildman–Crippen LogP) is 1.78. The summed E-state index contributed by atoms with van der Waals surface area (Å²) in [4.78, 5) is 4.39. The monoisotopic (exact) mass is 308 g/mol. The Morgan fingerprint density at radius 1 is 1.29 bits per heavy atom. The highest BCUT2D eigenvalue weighted by atomic mass is 32.2. The van der Waals surface area contributed by atoms with Crippen LogP contribution in [0, 0.1) is 13.8 Å². The lowest BCUT2D eigenvalue weighted by Gasteiger charge is -2.07. The minimum absolute atomic E-state index is 0.200. The highest BCUT2D eigenvalue weighted by molar-refractivity contribution is 7.92. The van der Waals surface area contributed by atoms with Crippen LogP contribution in [0.1, 0.15) is 23.9 Å². The third-order valence-corrected chi connectivity index (χ3v) is 4.48. The Labute approximate surface area is 125 Å². The van der Waals surface area contributed by atoms with Crippen LogP contribution in [0.2, 0.25) is 0 Å². The number of nitrogens with zero attached hydrogens (tertiary/aromatic N) is 2. The SMILES string of the molecule is CCn1cc(S(=O)(=O)Nc2cc(C)cc(C)n2)cc1CN. The Morgan fingerprint density at radius 3 is 2.52 bits per heavy atom. The van der Waals surface area contributed by atoms with Crippen LogP contribution in [-0.4, -0.2) is 18.0 Å². The maximum Gasteiger partial charge on any atom is 0.264 e.